The Kier molecular flexibility index (Phi) is 3.52. The predicted molar refractivity (Wildman–Crippen MR) is 52.3 cm³/mol. The first-order valence-electron chi connectivity index (χ1n) is 4.41. The largest absolute Gasteiger partial charge is 0.416 e. The van der Waals surface area contributed by atoms with Crippen LogP contribution in [-0.2, 0) is 0 Å². The minimum atomic E-state index is -4.44. The Labute approximate surface area is 85.9 Å². The maximum Gasteiger partial charge on any atom is 0.416 e. The van der Waals surface area contributed by atoms with Crippen molar-refractivity contribution in [2.45, 2.75) is 13.1 Å². The van der Waals surface area contributed by atoms with Crippen LogP contribution in [0.15, 0.2) is 30.3 Å². The monoisotopic (exact) mass is 216 g/mol. The summed E-state index contributed by atoms with van der Waals surface area (Å²) in [4.78, 5) is 0. The van der Waals surface area contributed by atoms with Crippen LogP contribution in [0.1, 0.15) is 11.1 Å². The lowest BCUT2D eigenvalue weighted by Crippen LogP contribution is -2.12. The SMILES string of the molecule is Cc1ccccc1/C(=C\CO)C(F)(F)F. The smallest absolute Gasteiger partial charge is 0.392 e. The summed E-state index contributed by atoms with van der Waals surface area (Å²) in [5.74, 6) is 0. The van der Waals surface area contributed by atoms with E-state index in [1.807, 2.05) is 0 Å². The average molecular weight is 216 g/mol. The third-order valence-corrected chi connectivity index (χ3v) is 2.04. The Morgan fingerprint density at radius 1 is 1.33 bits per heavy atom. The van der Waals surface area contributed by atoms with Gasteiger partial charge in [0.25, 0.3) is 0 Å². The fraction of sp³-hybridized carbons (Fsp3) is 0.273. The number of aliphatic hydroxyl groups is 1. The van der Waals surface area contributed by atoms with E-state index < -0.39 is 18.4 Å². The number of allylic oxidation sites excluding steroid dienone is 1. The van der Waals surface area contributed by atoms with Gasteiger partial charge in [-0.25, -0.2) is 0 Å². The summed E-state index contributed by atoms with van der Waals surface area (Å²) in [6.45, 7) is 0.982. The van der Waals surface area contributed by atoms with Crippen molar-refractivity contribution in [3.05, 3.63) is 41.5 Å². The van der Waals surface area contributed by atoms with Crippen LogP contribution in [0.5, 0.6) is 0 Å². The normalized spacial score (nSPS) is 13.0. The number of benzene rings is 1. The van der Waals surface area contributed by atoms with E-state index in [4.69, 9.17) is 5.11 Å². The van der Waals surface area contributed by atoms with Crippen molar-refractivity contribution in [3.8, 4) is 0 Å². The van der Waals surface area contributed by atoms with Gasteiger partial charge in [0, 0.05) is 0 Å². The standard InChI is InChI=1S/C11H11F3O/c1-8-4-2-3-5-9(8)10(6-7-15)11(12,13)14/h2-6,15H,7H2,1H3/b10-6+. The Morgan fingerprint density at radius 3 is 2.40 bits per heavy atom. The van der Waals surface area contributed by atoms with E-state index in [0.29, 0.717) is 5.56 Å². The third-order valence-electron chi connectivity index (χ3n) is 2.04. The molecular formula is C11H11F3O. The van der Waals surface area contributed by atoms with Crippen molar-refractivity contribution in [2.75, 3.05) is 6.61 Å². The van der Waals surface area contributed by atoms with Crippen molar-refractivity contribution in [1.29, 1.82) is 0 Å². The zero-order valence-corrected chi connectivity index (χ0v) is 8.17. The van der Waals surface area contributed by atoms with Crippen LogP contribution >= 0.6 is 0 Å². The molecule has 15 heavy (non-hydrogen) atoms. The van der Waals surface area contributed by atoms with E-state index in [1.165, 1.54) is 6.07 Å². The fourth-order valence-electron chi connectivity index (χ4n) is 1.34. The molecule has 1 aromatic rings. The summed E-state index contributed by atoms with van der Waals surface area (Å²) in [6, 6.07) is 6.21. The van der Waals surface area contributed by atoms with Gasteiger partial charge in [0.05, 0.1) is 12.2 Å². The molecule has 0 saturated heterocycles. The molecule has 0 unspecified atom stereocenters. The molecule has 0 spiro atoms. The van der Waals surface area contributed by atoms with Crippen molar-refractivity contribution < 1.29 is 18.3 Å². The summed E-state index contributed by atoms with van der Waals surface area (Å²) >= 11 is 0. The highest BCUT2D eigenvalue weighted by molar-refractivity contribution is 5.71. The molecule has 4 heteroatoms. The van der Waals surface area contributed by atoms with E-state index in [2.05, 4.69) is 0 Å². The van der Waals surface area contributed by atoms with E-state index in [0.717, 1.165) is 6.08 Å². The van der Waals surface area contributed by atoms with Gasteiger partial charge in [0.2, 0.25) is 0 Å². The number of hydrogen-bond acceptors (Lipinski definition) is 1. The molecule has 82 valence electrons. The van der Waals surface area contributed by atoms with Gasteiger partial charge in [-0.1, -0.05) is 24.3 Å². The first kappa shape index (κ1) is 11.8. The Bertz CT molecular complexity index is 366. The third kappa shape index (κ3) is 2.83. The number of aryl methyl sites for hydroxylation is 1. The van der Waals surface area contributed by atoms with Gasteiger partial charge in [-0.3, -0.25) is 0 Å². The molecule has 0 radical (unpaired) electrons. The van der Waals surface area contributed by atoms with Crippen molar-refractivity contribution in [2.24, 2.45) is 0 Å². The molecule has 1 N–H and O–H groups in total. The van der Waals surface area contributed by atoms with Crippen LogP contribution in [0, 0.1) is 6.92 Å². The van der Waals surface area contributed by atoms with Gasteiger partial charge in [0.15, 0.2) is 0 Å². The van der Waals surface area contributed by atoms with E-state index >= 15 is 0 Å². The highest BCUT2D eigenvalue weighted by Gasteiger charge is 2.34. The Morgan fingerprint density at radius 2 is 1.93 bits per heavy atom. The molecule has 1 nitrogen and oxygen atoms in total. The first-order valence-corrected chi connectivity index (χ1v) is 4.41. The summed E-state index contributed by atoms with van der Waals surface area (Å²) in [6.07, 6.45) is -3.66. The molecule has 1 aromatic carbocycles. The second kappa shape index (κ2) is 4.49. The molecule has 0 amide bonds. The topological polar surface area (TPSA) is 20.2 Å². The fourth-order valence-corrected chi connectivity index (χ4v) is 1.34. The summed E-state index contributed by atoms with van der Waals surface area (Å²) in [7, 11) is 0. The van der Waals surface area contributed by atoms with E-state index in [-0.39, 0.29) is 5.56 Å². The quantitative estimate of drug-likeness (QED) is 0.805. The molecule has 0 atom stereocenters. The summed E-state index contributed by atoms with van der Waals surface area (Å²) in [5.41, 5.74) is -0.142. The minimum absolute atomic E-state index is 0.110. The number of aliphatic hydroxyl groups excluding tert-OH is 1. The summed E-state index contributed by atoms with van der Waals surface area (Å²) in [5, 5.41) is 8.58. The molecule has 0 aliphatic heterocycles. The second-order valence-corrected chi connectivity index (χ2v) is 3.11. The Hall–Kier alpha value is -1.29. The zero-order chi connectivity index (χ0) is 11.5. The first-order chi connectivity index (χ1) is 6.96. The lowest BCUT2D eigenvalue weighted by Gasteiger charge is -2.13. The van der Waals surface area contributed by atoms with Crippen LogP contribution in [0.2, 0.25) is 0 Å². The Balaban J connectivity index is 3.24. The number of halogens is 3. The van der Waals surface area contributed by atoms with Crippen molar-refractivity contribution in [3.63, 3.8) is 0 Å². The van der Waals surface area contributed by atoms with Crippen molar-refractivity contribution >= 4 is 5.57 Å². The van der Waals surface area contributed by atoms with E-state index in [1.54, 1.807) is 25.1 Å². The van der Waals surface area contributed by atoms with Crippen molar-refractivity contribution in [1.82, 2.24) is 0 Å². The molecule has 0 bridgehead atoms. The molecule has 0 aromatic heterocycles. The molecule has 0 fully saturated rings. The molecule has 0 saturated carbocycles. The number of hydrogen-bond donors (Lipinski definition) is 1. The van der Waals surface area contributed by atoms with Gasteiger partial charge in [-0.15, -0.1) is 0 Å². The average Bonchev–Trinajstić information content (AvgIpc) is 2.14. The van der Waals surface area contributed by atoms with Gasteiger partial charge in [-0.05, 0) is 24.1 Å². The lowest BCUT2D eigenvalue weighted by molar-refractivity contribution is -0.0692. The molecule has 1 rings (SSSR count). The van der Waals surface area contributed by atoms with Crippen LogP contribution in [-0.4, -0.2) is 17.9 Å². The van der Waals surface area contributed by atoms with Gasteiger partial charge in [0.1, 0.15) is 0 Å². The maximum absolute atomic E-state index is 12.6. The molecule has 0 aliphatic carbocycles. The van der Waals surface area contributed by atoms with Gasteiger partial charge < -0.3 is 5.11 Å². The highest BCUT2D eigenvalue weighted by Crippen LogP contribution is 2.34. The highest BCUT2D eigenvalue weighted by atomic mass is 19.4. The van der Waals surface area contributed by atoms with Gasteiger partial charge >= 0.3 is 6.18 Å². The lowest BCUT2D eigenvalue weighted by atomic mass is 10.00. The molecular weight excluding hydrogens is 205 g/mol. The van der Waals surface area contributed by atoms with E-state index in [9.17, 15) is 13.2 Å². The van der Waals surface area contributed by atoms with Gasteiger partial charge in [-0.2, -0.15) is 13.2 Å². The van der Waals surface area contributed by atoms with Crippen LogP contribution in [0.25, 0.3) is 5.57 Å². The maximum atomic E-state index is 12.6. The second-order valence-electron chi connectivity index (χ2n) is 3.11. The summed E-state index contributed by atoms with van der Waals surface area (Å²) < 4.78 is 37.8. The predicted octanol–water partition coefficient (Wildman–Crippen LogP) is 2.93. The molecule has 0 aliphatic rings. The molecule has 0 heterocycles. The van der Waals surface area contributed by atoms with Crippen LogP contribution in [0.3, 0.4) is 0 Å². The number of rotatable bonds is 2. The zero-order valence-electron chi connectivity index (χ0n) is 8.17. The minimum Gasteiger partial charge on any atom is -0.392 e. The van der Waals surface area contributed by atoms with Crippen LogP contribution in [0.4, 0.5) is 13.2 Å². The van der Waals surface area contributed by atoms with Crippen LogP contribution < -0.4 is 0 Å². The number of alkyl halides is 3.